The van der Waals surface area contributed by atoms with Gasteiger partial charge in [0.2, 0.25) is 0 Å². The molecule has 0 radical (unpaired) electrons. The second kappa shape index (κ2) is 9.21. The molecule has 31 heavy (non-hydrogen) atoms. The number of hydrogen-bond donors (Lipinski definition) is 5. The number of phenolic OH excluding ortho intramolecular Hbond substituents is 2. The number of aromatic carboxylic acids is 2. The van der Waals surface area contributed by atoms with Crippen LogP contribution in [0.4, 0.5) is 0 Å². The fourth-order valence-electron chi connectivity index (χ4n) is 3.41. The Bertz CT molecular complexity index is 1120. The predicted molar refractivity (Wildman–Crippen MR) is 113 cm³/mol. The third-order valence-electron chi connectivity index (χ3n) is 5.16. The summed E-state index contributed by atoms with van der Waals surface area (Å²) in [6, 6.07) is 14.0. The summed E-state index contributed by atoms with van der Waals surface area (Å²) in [4.78, 5) is 22.0. The van der Waals surface area contributed by atoms with Crippen molar-refractivity contribution in [2.24, 2.45) is 0 Å². The zero-order valence-corrected chi connectivity index (χ0v) is 16.6. The lowest BCUT2D eigenvalue weighted by atomic mass is 9.94. The molecular weight excluding hydrogens is 400 g/mol. The lowest BCUT2D eigenvalue weighted by Crippen LogP contribution is -2.02. The van der Waals surface area contributed by atoms with E-state index in [1.165, 1.54) is 24.3 Å². The Kier molecular flexibility index (Phi) is 6.45. The van der Waals surface area contributed by atoms with Crippen LogP contribution in [0.15, 0.2) is 54.6 Å². The number of carbonyl (C=O) groups is 2. The van der Waals surface area contributed by atoms with Crippen molar-refractivity contribution in [2.75, 3.05) is 0 Å². The van der Waals surface area contributed by atoms with E-state index in [1.54, 1.807) is 30.3 Å². The smallest absolute Gasteiger partial charge is 0.339 e. The van der Waals surface area contributed by atoms with E-state index in [0.717, 1.165) is 22.3 Å². The summed E-state index contributed by atoms with van der Waals surface area (Å²) in [5.74, 6) is -2.94. The molecule has 160 valence electrons. The Morgan fingerprint density at radius 2 is 1.10 bits per heavy atom. The minimum absolute atomic E-state index is 0.166. The lowest BCUT2D eigenvalue weighted by Gasteiger charge is -2.12. The molecule has 5 N–H and O–H groups in total. The van der Waals surface area contributed by atoms with E-state index >= 15 is 0 Å². The van der Waals surface area contributed by atoms with Crippen molar-refractivity contribution >= 4 is 11.9 Å². The van der Waals surface area contributed by atoms with Crippen LogP contribution in [0.25, 0.3) is 0 Å². The molecule has 0 heterocycles. The summed E-state index contributed by atoms with van der Waals surface area (Å²) < 4.78 is 0. The maximum atomic E-state index is 11.0. The van der Waals surface area contributed by atoms with Gasteiger partial charge in [0.25, 0.3) is 0 Å². The fraction of sp³-hybridized carbons (Fsp3) is 0.167. The average molecular weight is 422 g/mol. The highest BCUT2D eigenvalue weighted by molar-refractivity contribution is 5.90. The van der Waals surface area contributed by atoms with Crippen LogP contribution in [0.5, 0.6) is 17.2 Å². The first-order valence-electron chi connectivity index (χ1n) is 9.65. The SMILES string of the molecule is O=C(O)c1ccc(CCc2cc(O)c(O)cc2CCc2ccc(C(=O)O)c(O)c2)cc1. The second-order valence-electron chi connectivity index (χ2n) is 7.27. The van der Waals surface area contributed by atoms with E-state index in [2.05, 4.69) is 0 Å². The minimum atomic E-state index is -1.20. The van der Waals surface area contributed by atoms with Gasteiger partial charge in [-0.25, -0.2) is 9.59 Å². The highest BCUT2D eigenvalue weighted by atomic mass is 16.4. The molecule has 0 fully saturated rings. The van der Waals surface area contributed by atoms with Crippen molar-refractivity contribution in [2.45, 2.75) is 25.7 Å². The molecule has 0 aliphatic heterocycles. The standard InChI is InChI=1S/C24H22O7/c25-20-11-15(5-10-19(20)24(30)31)4-9-18-13-22(27)21(26)12-17(18)8-3-14-1-6-16(7-2-14)23(28)29/h1-2,5-7,10-13,25-27H,3-4,8-9H2,(H,28,29)(H,30,31). The number of benzene rings is 3. The number of aromatic hydroxyl groups is 3. The Labute approximate surface area is 178 Å². The van der Waals surface area contributed by atoms with Crippen molar-refractivity contribution in [1.82, 2.24) is 0 Å². The van der Waals surface area contributed by atoms with Crippen LogP contribution < -0.4 is 0 Å². The average Bonchev–Trinajstić information content (AvgIpc) is 2.73. The monoisotopic (exact) mass is 422 g/mol. The number of carboxylic acid groups (broad SMARTS) is 2. The normalized spacial score (nSPS) is 10.7. The number of aryl methyl sites for hydroxylation is 4. The van der Waals surface area contributed by atoms with E-state index in [-0.39, 0.29) is 28.4 Å². The van der Waals surface area contributed by atoms with Gasteiger partial charge in [-0.05, 0) is 84.3 Å². The summed E-state index contributed by atoms with van der Waals surface area (Å²) in [6.45, 7) is 0. The predicted octanol–water partition coefficient (Wildman–Crippen LogP) is 3.77. The van der Waals surface area contributed by atoms with Crippen molar-refractivity contribution in [1.29, 1.82) is 0 Å². The van der Waals surface area contributed by atoms with E-state index in [4.69, 9.17) is 10.2 Å². The number of rotatable bonds is 8. The first-order chi connectivity index (χ1) is 14.7. The van der Waals surface area contributed by atoms with Crippen molar-refractivity contribution in [3.63, 3.8) is 0 Å². The second-order valence-corrected chi connectivity index (χ2v) is 7.27. The van der Waals surface area contributed by atoms with Crippen molar-refractivity contribution in [3.8, 4) is 17.2 Å². The van der Waals surface area contributed by atoms with Crippen LogP contribution in [-0.4, -0.2) is 37.5 Å². The van der Waals surface area contributed by atoms with Gasteiger partial charge in [0.1, 0.15) is 11.3 Å². The molecule has 0 saturated heterocycles. The van der Waals surface area contributed by atoms with Crippen LogP contribution in [0.3, 0.4) is 0 Å². The summed E-state index contributed by atoms with van der Waals surface area (Å²) in [5, 5.41) is 47.7. The van der Waals surface area contributed by atoms with Gasteiger partial charge >= 0.3 is 11.9 Å². The zero-order chi connectivity index (χ0) is 22.5. The Balaban J connectivity index is 1.74. The van der Waals surface area contributed by atoms with Crippen molar-refractivity contribution in [3.05, 3.63) is 88.0 Å². The summed E-state index contributed by atoms with van der Waals surface area (Å²) in [5.41, 5.74) is 3.38. The third kappa shape index (κ3) is 5.33. The highest BCUT2D eigenvalue weighted by Gasteiger charge is 2.12. The minimum Gasteiger partial charge on any atom is -0.507 e. The van der Waals surface area contributed by atoms with Gasteiger partial charge in [0, 0.05) is 0 Å². The first kappa shape index (κ1) is 21.7. The van der Waals surface area contributed by atoms with Gasteiger partial charge in [-0.1, -0.05) is 18.2 Å². The van der Waals surface area contributed by atoms with Crippen LogP contribution in [-0.2, 0) is 25.7 Å². The fourth-order valence-corrected chi connectivity index (χ4v) is 3.41. The molecule has 3 rings (SSSR count). The van der Waals surface area contributed by atoms with Gasteiger partial charge in [-0.3, -0.25) is 0 Å². The molecule has 0 spiro atoms. The quantitative estimate of drug-likeness (QED) is 0.349. The molecule has 0 saturated carbocycles. The largest absolute Gasteiger partial charge is 0.507 e. The van der Waals surface area contributed by atoms with Gasteiger partial charge in [0.05, 0.1) is 5.56 Å². The molecule has 0 atom stereocenters. The van der Waals surface area contributed by atoms with Crippen molar-refractivity contribution < 1.29 is 35.1 Å². The van der Waals surface area contributed by atoms with Crippen LogP contribution in [0.2, 0.25) is 0 Å². The summed E-state index contributed by atoms with van der Waals surface area (Å²) in [6.07, 6.45) is 2.19. The maximum absolute atomic E-state index is 11.0. The Morgan fingerprint density at radius 3 is 1.58 bits per heavy atom. The van der Waals surface area contributed by atoms with E-state index in [9.17, 15) is 24.9 Å². The molecule has 0 aliphatic carbocycles. The van der Waals surface area contributed by atoms with E-state index in [0.29, 0.717) is 25.7 Å². The molecule has 3 aromatic carbocycles. The summed E-state index contributed by atoms with van der Waals surface area (Å²) >= 11 is 0. The van der Waals surface area contributed by atoms with Crippen LogP contribution >= 0.6 is 0 Å². The molecule has 0 amide bonds. The topological polar surface area (TPSA) is 135 Å². The number of phenols is 3. The molecule has 0 aliphatic rings. The van der Waals surface area contributed by atoms with Gasteiger partial charge in [-0.15, -0.1) is 0 Å². The van der Waals surface area contributed by atoms with Gasteiger partial charge in [0.15, 0.2) is 11.5 Å². The molecule has 0 aromatic heterocycles. The Hall–Kier alpha value is -4.00. The lowest BCUT2D eigenvalue weighted by molar-refractivity contribution is 0.0684. The zero-order valence-electron chi connectivity index (χ0n) is 16.6. The molecule has 0 bridgehead atoms. The van der Waals surface area contributed by atoms with Crippen LogP contribution in [0, 0.1) is 0 Å². The Morgan fingerprint density at radius 1 is 0.581 bits per heavy atom. The maximum Gasteiger partial charge on any atom is 0.339 e. The van der Waals surface area contributed by atoms with Gasteiger partial charge < -0.3 is 25.5 Å². The van der Waals surface area contributed by atoms with Gasteiger partial charge in [-0.2, -0.15) is 0 Å². The molecule has 3 aromatic rings. The van der Waals surface area contributed by atoms with E-state index in [1.807, 2.05) is 0 Å². The number of hydrogen-bond acceptors (Lipinski definition) is 5. The van der Waals surface area contributed by atoms with E-state index < -0.39 is 11.9 Å². The van der Waals surface area contributed by atoms with Crippen LogP contribution in [0.1, 0.15) is 43.0 Å². The number of carboxylic acids is 2. The molecular formula is C24H22O7. The first-order valence-corrected chi connectivity index (χ1v) is 9.65. The third-order valence-corrected chi connectivity index (χ3v) is 5.16. The summed E-state index contributed by atoms with van der Waals surface area (Å²) in [7, 11) is 0. The molecule has 7 nitrogen and oxygen atoms in total. The highest BCUT2D eigenvalue weighted by Crippen LogP contribution is 2.30. The molecule has 0 unspecified atom stereocenters. The molecule has 7 heteroatoms.